The van der Waals surface area contributed by atoms with Gasteiger partial charge in [-0.2, -0.15) is 5.10 Å². The third kappa shape index (κ3) is 6.37. The topological polar surface area (TPSA) is 171 Å². The molecule has 13 heteroatoms. The summed E-state index contributed by atoms with van der Waals surface area (Å²) in [6.45, 7) is 5.60. The van der Waals surface area contributed by atoms with Gasteiger partial charge in [0.05, 0.1) is 17.7 Å². The van der Waals surface area contributed by atoms with Gasteiger partial charge in [-0.05, 0) is 58.6 Å². The smallest absolute Gasteiger partial charge is 0.415 e. The number of aliphatic hydroxyl groups is 2. The van der Waals surface area contributed by atoms with E-state index in [1.807, 2.05) is 0 Å². The Balaban J connectivity index is 1.46. The van der Waals surface area contributed by atoms with Crippen LogP contribution in [0.5, 0.6) is 0 Å². The van der Waals surface area contributed by atoms with Crippen molar-refractivity contribution in [3.8, 4) is 0 Å². The van der Waals surface area contributed by atoms with Gasteiger partial charge in [-0.3, -0.25) is 14.9 Å². The molecule has 0 spiro atoms. The Morgan fingerprint density at radius 1 is 1.18 bits per heavy atom. The predicted octanol–water partition coefficient (Wildman–Crippen LogP) is 2.67. The van der Waals surface area contributed by atoms with Crippen LogP contribution in [0.3, 0.4) is 0 Å². The van der Waals surface area contributed by atoms with Crippen LogP contribution in [0, 0.1) is 11.3 Å². The molecule has 3 N–H and O–H groups in total. The van der Waals surface area contributed by atoms with Gasteiger partial charge in [-0.25, -0.2) is 14.3 Å². The molecular formula is C27H38N4O9. The fourth-order valence-corrected chi connectivity index (χ4v) is 5.18. The number of nitrogens with zero attached hydrogens (tertiary/aromatic N) is 3. The highest BCUT2D eigenvalue weighted by Gasteiger charge is 2.55. The van der Waals surface area contributed by atoms with Crippen molar-refractivity contribution in [1.82, 2.24) is 14.6 Å². The highest BCUT2D eigenvalue weighted by atomic mass is 16.7. The molecule has 0 unspecified atom stereocenters. The number of hydrogen-bond acceptors (Lipinski definition) is 11. The molecule has 2 aromatic heterocycles. The van der Waals surface area contributed by atoms with Crippen LogP contribution in [0.4, 0.5) is 10.6 Å². The standard InChI is InChI=1S/C27H38N4O9/c1-26(2,3)24(35)37-15-38-25(36)30-23-17-10-11-19(31(17)29-14-28-23)27(4)22(34)21(18(13-32)40-27)39-20(33)12-16-8-6-5-7-9-16/h10-11,14,16,18,21-22,32,34H,5-9,12-13,15H2,1-4H3,(H,28,29,30,36)/t18-,21-,22-,27+/m1/s1. The minimum Gasteiger partial charge on any atom is -0.457 e. The Bertz CT molecular complexity index is 1220. The number of rotatable bonds is 8. The first-order valence-electron chi connectivity index (χ1n) is 13.5. The highest BCUT2D eigenvalue weighted by molar-refractivity contribution is 5.88. The van der Waals surface area contributed by atoms with Crippen molar-refractivity contribution in [3.63, 3.8) is 0 Å². The van der Waals surface area contributed by atoms with Gasteiger partial charge >= 0.3 is 18.0 Å². The number of fused-ring (bicyclic) bond motifs is 1. The van der Waals surface area contributed by atoms with E-state index in [1.54, 1.807) is 39.8 Å². The van der Waals surface area contributed by atoms with E-state index in [0.717, 1.165) is 25.7 Å². The molecule has 2 fully saturated rings. The van der Waals surface area contributed by atoms with Crippen LogP contribution >= 0.6 is 0 Å². The average molecular weight is 563 g/mol. The maximum Gasteiger partial charge on any atom is 0.415 e. The van der Waals surface area contributed by atoms with Gasteiger partial charge in [-0.1, -0.05) is 19.3 Å². The molecule has 2 aliphatic rings. The number of carbonyl (C=O) groups is 3. The molecule has 40 heavy (non-hydrogen) atoms. The first-order valence-corrected chi connectivity index (χ1v) is 13.5. The summed E-state index contributed by atoms with van der Waals surface area (Å²) in [6, 6.07) is 3.25. The molecule has 0 radical (unpaired) electrons. The summed E-state index contributed by atoms with van der Waals surface area (Å²) < 4.78 is 23.0. The lowest BCUT2D eigenvalue weighted by Crippen LogP contribution is -2.42. The van der Waals surface area contributed by atoms with E-state index in [4.69, 9.17) is 18.9 Å². The maximum absolute atomic E-state index is 12.7. The second-order valence-electron chi connectivity index (χ2n) is 11.5. The first kappa shape index (κ1) is 29.7. The normalized spacial score (nSPS) is 25.5. The van der Waals surface area contributed by atoms with Crippen molar-refractivity contribution in [1.29, 1.82) is 0 Å². The van der Waals surface area contributed by atoms with Crippen LogP contribution < -0.4 is 5.32 Å². The van der Waals surface area contributed by atoms with Crippen molar-refractivity contribution in [2.45, 2.75) is 90.1 Å². The van der Waals surface area contributed by atoms with Crippen LogP contribution in [0.25, 0.3) is 5.52 Å². The monoisotopic (exact) mass is 562 g/mol. The van der Waals surface area contributed by atoms with Gasteiger partial charge in [0, 0.05) is 6.42 Å². The summed E-state index contributed by atoms with van der Waals surface area (Å²) in [5, 5.41) is 28.0. The van der Waals surface area contributed by atoms with Crippen LogP contribution in [0.1, 0.15) is 71.9 Å². The molecule has 1 amide bonds. The molecule has 1 saturated carbocycles. The van der Waals surface area contributed by atoms with E-state index in [2.05, 4.69) is 15.4 Å². The second-order valence-corrected chi connectivity index (χ2v) is 11.5. The number of carbonyl (C=O) groups excluding carboxylic acids is 3. The van der Waals surface area contributed by atoms with Crippen LogP contribution in [-0.2, 0) is 34.1 Å². The van der Waals surface area contributed by atoms with Gasteiger partial charge in [0.2, 0.25) is 6.79 Å². The molecule has 4 atom stereocenters. The van der Waals surface area contributed by atoms with E-state index in [0.29, 0.717) is 11.2 Å². The molecular weight excluding hydrogens is 524 g/mol. The Morgan fingerprint density at radius 3 is 2.58 bits per heavy atom. The fourth-order valence-electron chi connectivity index (χ4n) is 5.18. The van der Waals surface area contributed by atoms with Crippen molar-refractivity contribution in [2.75, 3.05) is 18.7 Å². The summed E-state index contributed by atoms with van der Waals surface area (Å²) in [5.41, 5.74) is -1.41. The average Bonchev–Trinajstić information content (AvgIpc) is 3.45. The van der Waals surface area contributed by atoms with E-state index in [9.17, 15) is 24.6 Å². The minimum atomic E-state index is -1.41. The van der Waals surface area contributed by atoms with E-state index < -0.39 is 60.8 Å². The molecule has 3 heterocycles. The molecule has 1 saturated heterocycles. The molecule has 2 aromatic rings. The number of nitrogens with one attached hydrogen (secondary N) is 1. The van der Waals surface area contributed by atoms with Gasteiger partial charge in [0.1, 0.15) is 29.7 Å². The SMILES string of the molecule is CC(C)(C)C(=O)OCOC(=O)Nc1ncnn2c([C@]3(C)O[C@H](CO)[C@@H](OC(=O)CC4CCCCC4)[C@H]3O)ccc12. The second kappa shape index (κ2) is 12.1. The number of amides is 1. The number of aliphatic hydroxyl groups excluding tert-OH is 2. The Morgan fingerprint density at radius 2 is 1.90 bits per heavy atom. The third-order valence-corrected chi connectivity index (χ3v) is 7.44. The van der Waals surface area contributed by atoms with Gasteiger partial charge < -0.3 is 29.2 Å². The summed E-state index contributed by atoms with van der Waals surface area (Å²) in [7, 11) is 0. The summed E-state index contributed by atoms with van der Waals surface area (Å²) >= 11 is 0. The van der Waals surface area contributed by atoms with Gasteiger partial charge in [-0.15, -0.1) is 0 Å². The molecule has 1 aliphatic heterocycles. The first-order chi connectivity index (χ1) is 18.9. The predicted molar refractivity (Wildman–Crippen MR) is 140 cm³/mol. The van der Waals surface area contributed by atoms with E-state index in [-0.39, 0.29) is 18.2 Å². The minimum absolute atomic E-state index is 0.0960. The Hall–Kier alpha value is -3.29. The van der Waals surface area contributed by atoms with Crippen LogP contribution in [0.15, 0.2) is 18.5 Å². The molecule has 0 aromatic carbocycles. The van der Waals surface area contributed by atoms with Gasteiger partial charge in [0.25, 0.3) is 0 Å². The maximum atomic E-state index is 12.7. The number of anilines is 1. The number of aromatic nitrogens is 3. The Labute approximate surface area is 232 Å². The zero-order chi connectivity index (χ0) is 29.1. The lowest BCUT2D eigenvalue weighted by atomic mass is 9.87. The largest absolute Gasteiger partial charge is 0.457 e. The molecule has 0 bridgehead atoms. The highest BCUT2D eigenvalue weighted by Crippen LogP contribution is 2.42. The van der Waals surface area contributed by atoms with Crippen molar-refractivity contribution in [3.05, 3.63) is 24.2 Å². The van der Waals surface area contributed by atoms with Crippen molar-refractivity contribution in [2.24, 2.45) is 11.3 Å². The van der Waals surface area contributed by atoms with Gasteiger partial charge in [0.15, 0.2) is 11.9 Å². The summed E-state index contributed by atoms with van der Waals surface area (Å²) in [5.74, 6) is -0.598. The summed E-state index contributed by atoms with van der Waals surface area (Å²) in [6.07, 6.45) is 2.51. The van der Waals surface area contributed by atoms with Crippen LogP contribution in [0.2, 0.25) is 0 Å². The van der Waals surface area contributed by atoms with E-state index >= 15 is 0 Å². The Kier molecular flexibility index (Phi) is 8.96. The van der Waals surface area contributed by atoms with Crippen LogP contribution in [-0.4, -0.2) is 74.6 Å². The van der Waals surface area contributed by atoms with Crippen molar-refractivity contribution < 1.29 is 43.5 Å². The molecule has 1 aliphatic carbocycles. The molecule has 4 rings (SSSR count). The number of hydrogen-bond donors (Lipinski definition) is 3. The molecule has 13 nitrogen and oxygen atoms in total. The quantitative estimate of drug-likeness (QED) is 0.319. The lowest BCUT2D eigenvalue weighted by Gasteiger charge is -2.28. The zero-order valence-electron chi connectivity index (χ0n) is 23.3. The number of ether oxygens (including phenoxy) is 4. The van der Waals surface area contributed by atoms with Crippen molar-refractivity contribution >= 4 is 29.4 Å². The summed E-state index contributed by atoms with van der Waals surface area (Å²) in [4.78, 5) is 41.0. The zero-order valence-corrected chi connectivity index (χ0v) is 23.3. The fraction of sp³-hybridized carbons (Fsp3) is 0.667. The third-order valence-electron chi connectivity index (χ3n) is 7.44. The molecule has 220 valence electrons. The lowest BCUT2D eigenvalue weighted by molar-refractivity contribution is -0.161. The van der Waals surface area contributed by atoms with E-state index in [1.165, 1.54) is 17.3 Å². The number of esters is 2.